The van der Waals surface area contributed by atoms with E-state index in [0.29, 0.717) is 6.54 Å². The highest BCUT2D eigenvalue weighted by molar-refractivity contribution is 5.29. The number of benzene rings is 1. The lowest BCUT2D eigenvalue weighted by atomic mass is 10.2. The van der Waals surface area contributed by atoms with Gasteiger partial charge in [-0.15, -0.1) is 0 Å². The van der Waals surface area contributed by atoms with Gasteiger partial charge in [-0.3, -0.25) is 4.68 Å². The molecule has 1 heterocycles. The van der Waals surface area contributed by atoms with Crippen molar-refractivity contribution in [3.05, 3.63) is 46.8 Å². The summed E-state index contributed by atoms with van der Waals surface area (Å²) in [6.07, 6.45) is 0. The van der Waals surface area contributed by atoms with Crippen LogP contribution in [-0.2, 0) is 13.1 Å². The van der Waals surface area contributed by atoms with Crippen molar-refractivity contribution in [1.82, 2.24) is 9.78 Å². The third kappa shape index (κ3) is 2.38. The molecule has 0 saturated carbocycles. The van der Waals surface area contributed by atoms with E-state index >= 15 is 0 Å². The maximum atomic E-state index is 5.73. The lowest BCUT2D eigenvalue weighted by Gasteiger charge is -2.06. The fraction of sp³-hybridized carbons (Fsp3) is 0.357. The summed E-state index contributed by atoms with van der Waals surface area (Å²) in [5.74, 6) is 0.870. The zero-order chi connectivity index (χ0) is 13.1. The van der Waals surface area contributed by atoms with Gasteiger partial charge in [0.15, 0.2) is 0 Å². The van der Waals surface area contributed by atoms with E-state index in [-0.39, 0.29) is 0 Å². The van der Waals surface area contributed by atoms with Crippen LogP contribution < -0.4 is 10.5 Å². The van der Waals surface area contributed by atoms with Gasteiger partial charge in [-0.1, -0.05) is 12.1 Å². The average Bonchev–Trinajstić information content (AvgIpc) is 2.65. The molecule has 2 aromatic rings. The van der Waals surface area contributed by atoms with E-state index in [9.17, 15) is 0 Å². The molecule has 0 amide bonds. The van der Waals surface area contributed by atoms with Gasteiger partial charge in [-0.05, 0) is 31.5 Å². The third-order valence-corrected chi connectivity index (χ3v) is 3.23. The molecule has 0 aliphatic heterocycles. The average molecular weight is 245 g/mol. The van der Waals surface area contributed by atoms with Crippen molar-refractivity contribution >= 4 is 0 Å². The highest BCUT2D eigenvalue weighted by Gasteiger charge is 2.09. The van der Waals surface area contributed by atoms with Gasteiger partial charge < -0.3 is 10.5 Å². The molecule has 96 valence electrons. The zero-order valence-corrected chi connectivity index (χ0v) is 11.1. The van der Waals surface area contributed by atoms with E-state index < -0.39 is 0 Å². The third-order valence-electron chi connectivity index (χ3n) is 3.23. The Labute approximate surface area is 107 Å². The fourth-order valence-electron chi connectivity index (χ4n) is 2.09. The molecule has 1 aromatic carbocycles. The summed E-state index contributed by atoms with van der Waals surface area (Å²) >= 11 is 0. The van der Waals surface area contributed by atoms with E-state index in [4.69, 9.17) is 10.5 Å². The van der Waals surface area contributed by atoms with Crippen LogP contribution in [-0.4, -0.2) is 16.9 Å². The van der Waals surface area contributed by atoms with Crippen molar-refractivity contribution in [2.75, 3.05) is 7.11 Å². The topological polar surface area (TPSA) is 53.1 Å². The molecule has 0 bridgehead atoms. The van der Waals surface area contributed by atoms with Gasteiger partial charge in [0, 0.05) is 17.8 Å². The molecule has 0 aliphatic rings. The first-order valence-electron chi connectivity index (χ1n) is 6.01. The maximum Gasteiger partial charge on any atom is 0.118 e. The summed E-state index contributed by atoms with van der Waals surface area (Å²) in [6, 6.07) is 8.03. The molecule has 2 N–H and O–H groups in total. The van der Waals surface area contributed by atoms with Crippen LogP contribution in [0.4, 0.5) is 0 Å². The second-order valence-corrected chi connectivity index (χ2v) is 4.36. The molecule has 4 heteroatoms. The lowest BCUT2D eigenvalue weighted by Crippen LogP contribution is -2.05. The van der Waals surface area contributed by atoms with Crippen LogP contribution in [0.1, 0.15) is 22.5 Å². The van der Waals surface area contributed by atoms with E-state index in [2.05, 4.69) is 24.2 Å². The molecule has 0 saturated heterocycles. The monoisotopic (exact) mass is 245 g/mol. The summed E-state index contributed by atoms with van der Waals surface area (Å²) in [5, 5.41) is 4.52. The zero-order valence-electron chi connectivity index (χ0n) is 11.1. The van der Waals surface area contributed by atoms with Crippen molar-refractivity contribution < 1.29 is 4.74 Å². The number of ether oxygens (including phenoxy) is 1. The first-order valence-corrected chi connectivity index (χ1v) is 6.01. The lowest BCUT2D eigenvalue weighted by molar-refractivity contribution is 0.414. The van der Waals surface area contributed by atoms with E-state index in [0.717, 1.165) is 29.2 Å². The Morgan fingerprint density at radius 2 is 1.89 bits per heavy atom. The van der Waals surface area contributed by atoms with Crippen LogP contribution in [0.25, 0.3) is 0 Å². The van der Waals surface area contributed by atoms with Crippen LogP contribution in [0.5, 0.6) is 5.75 Å². The molecular weight excluding hydrogens is 226 g/mol. The van der Waals surface area contributed by atoms with Crippen molar-refractivity contribution in [2.24, 2.45) is 5.73 Å². The smallest absolute Gasteiger partial charge is 0.118 e. The van der Waals surface area contributed by atoms with Crippen LogP contribution in [0, 0.1) is 13.8 Å². The summed E-state index contributed by atoms with van der Waals surface area (Å²) in [5.41, 5.74) is 10.2. The minimum atomic E-state index is 0.542. The van der Waals surface area contributed by atoms with E-state index in [1.54, 1.807) is 7.11 Å². The fourth-order valence-corrected chi connectivity index (χ4v) is 2.09. The predicted octanol–water partition coefficient (Wildman–Crippen LogP) is 2.02. The molecule has 1 aromatic heterocycles. The Kier molecular flexibility index (Phi) is 3.67. The number of nitrogens with two attached hydrogens (primary N) is 1. The number of methoxy groups -OCH3 is 1. The van der Waals surface area contributed by atoms with Gasteiger partial charge >= 0.3 is 0 Å². The van der Waals surface area contributed by atoms with E-state index in [1.165, 1.54) is 5.56 Å². The minimum Gasteiger partial charge on any atom is -0.497 e. The Bertz CT molecular complexity index is 529. The Morgan fingerprint density at radius 1 is 1.22 bits per heavy atom. The number of nitrogens with zero attached hydrogens (tertiary/aromatic N) is 2. The summed E-state index contributed by atoms with van der Waals surface area (Å²) in [4.78, 5) is 0. The highest BCUT2D eigenvalue weighted by atomic mass is 16.5. The largest absolute Gasteiger partial charge is 0.497 e. The van der Waals surface area contributed by atoms with Crippen LogP contribution in [0.15, 0.2) is 24.3 Å². The second kappa shape index (κ2) is 5.23. The first-order chi connectivity index (χ1) is 8.65. The molecule has 0 unspecified atom stereocenters. The number of hydrogen-bond donors (Lipinski definition) is 1. The van der Waals surface area contributed by atoms with Gasteiger partial charge in [0.05, 0.1) is 19.3 Å². The van der Waals surface area contributed by atoms with Gasteiger partial charge in [0.1, 0.15) is 5.75 Å². The molecule has 0 aliphatic carbocycles. The van der Waals surface area contributed by atoms with E-state index in [1.807, 2.05) is 23.7 Å². The first kappa shape index (κ1) is 12.6. The Morgan fingerprint density at radius 3 is 2.39 bits per heavy atom. The quantitative estimate of drug-likeness (QED) is 0.896. The predicted molar refractivity (Wildman–Crippen MR) is 71.7 cm³/mol. The van der Waals surface area contributed by atoms with Crippen molar-refractivity contribution in [2.45, 2.75) is 26.9 Å². The second-order valence-electron chi connectivity index (χ2n) is 4.36. The van der Waals surface area contributed by atoms with Crippen LogP contribution >= 0.6 is 0 Å². The van der Waals surface area contributed by atoms with Crippen molar-refractivity contribution in [1.29, 1.82) is 0 Å². The number of hydrogen-bond acceptors (Lipinski definition) is 3. The van der Waals surface area contributed by atoms with Crippen LogP contribution in [0.2, 0.25) is 0 Å². The molecule has 0 spiro atoms. The summed E-state index contributed by atoms with van der Waals surface area (Å²) < 4.78 is 7.14. The van der Waals surface area contributed by atoms with Gasteiger partial charge in [0.25, 0.3) is 0 Å². The molecule has 0 radical (unpaired) electrons. The Hall–Kier alpha value is -1.81. The Balaban J connectivity index is 2.22. The normalized spacial score (nSPS) is 10.7. The SMILES string of the molecule is COc1ccc(Cn2nc(C)c(CN)c2C)cc1. The van der Waals surface area contributed by atoms with Gasteiger partial charge in [-0.25, -0.2) is 0 Å². The molecule has 2 rings (SSSR count). The standard InChI is InChI=1S/C14H19N3O/c1-10-14(8-15)11(2)17(16-10)9-12-4-6-13(18-3)7-5-12/h4-7H,8-9,15H2,1-3H3. The van der Waals surface area contributed by atoms with Crippen molar-refractivity contribution in [3.8, 4) is 5.75 Å². The van der Waals surface area contributed by atoms with Gasteiger partial charge in [0.2, 0.25) is 0 Å². The maximum absolute atomic E-state index is 5.73. The molecule has 0 fully saturated rings. The van der Waals surface area contributed by atoms with Crippen LogP contribution in [0.3, 0.4) is 0 Å². The number of rotatable bonds is 4. The molecule has 4 nitrogen and oxygen atoms in total. The minimum absolute atomic E-state index is 0.542. The highest BCUT2D eigenvalue weighted by Crippen LogP contribution is 2.16. The molecular formula is C14H19N3O. The van der Waals surface area contributed by atoms with Gasteiger partial charge in [-0.2, -0.15) is 5.10 Å². The van der Waals surface area contributed by atoms with Crippen molar-refractivity contribution in [3.63, 3.8) is 0 Å². The number of aryl methyl sites for hydroxylation is 1. The summed E-state index contributed by atoms with van der Waals surface area (Å²) in [7, 11) is 1.67. The summed E-state index contributed by atoms with van der Waals surface area (Å²) in [6.45, 7) is 5.36. The number of aromatic nitrogens is 2. The molecule has 18 heavy (non-hydrogen) atoms. The molecule has 0 atom stereocenters.